The minimum absolute atomic E-state index is 0.00761. The summed E-state index contributed by atoms with van der Waals surface area (Å²) >= 11 is 1.70. The molecule has 8 heteroatoms. The van der Waals surface area contributed by atoms with Crippen LogP contribution in [0.15, 0.2) is 41.6 Å². The number of piperidine rings is 1. The zero-order valence-corrected chi connectivity index (χ0v) is 20.2. The summed E-state index contributed by atoms with van der Waals surface area (Å²) in [6.45, 7) is 1.12. The summed E-state index contributed by atoms with van der Waals surface area (Å²) in [4.78, 5) is 45.3. The van der Waals surface area contributed by atoms with Gasteiger partial charge in [0.05, 0.1) is 0 Å². The molecule has 7 nitrogen and oxygen atoms in total. The van der Waals surface area contributed by atoms with Gasteiger partial charge < -0.3 is 14.8 Å². The maximum Gasteiger partial charge on any atom is 0.222 e. The number of aryl methyl sites for hydroxylation is 1. The lowest BCUT2D eigenvalue weighted by molar-refractivity contribution is -0.133. The van der Waals surface area contributed by atoms with Crippen LogP contribution in [0, 0.1) is 5.92 Å². The highest BCUT2D eigenvalue weighted by molar-refractivity contribution is 7.98. The van der Waals surface area contributed by atoms with E-state index in [0.29, 0.717) is 38.2 Å². The fourth-order valence-electron chi connectivity index (χ4n) is 5.02. The van der Waals surface area contributed by atoms with Crippen LogP contribution < -0.4 is 5.32 Å². The number of likely N-dealkylation sites (tertiary alicyclic amines) is 1. The molecule has 33 heavy (non-hydrogen) atoms. The van der Waals surface area contributed by atoms with Gasteiger partial charge in [-0.3, -0.25) is 14.4 Å². The Morgan fingerprint density at radius 1 is 1.27 bits per heavy atom. The van der Waals surface area contributed by atoms with Crippen molar-refractivity contribution >= 4 is 29.4 Å². The number of imidazole rings is 1. The molecule has 1 aromatic carbocycles. The summed E-state index contributed by atoms with van der Waals surface area (Å²) in [7, 11) is 1.82. The van der Waals surface area contributed by atoms with Crippen LogP contribution in [-0.4, -0.2) is 56.9 Å². The maximum absolute atomic E-state index is 13.1. The van der Waals surface area contributed by atoms with Crippen molar-refractivity contribution < 1.29 is 14.4 Å². The number of rotatable bonds is 8. The molecule has 2 aliphatic rings. The minimum atomic E-state index is -0.383. The van der Waals surface area contributed by atoms with Crippen molar-refractivity contribution in [3.8, 4) is 0 Å². The topological polar surface area (TPSA) is 84.3 Å². The van der Waals surface area contributed by atoms with Crippen molar-refractivity contribution in [1.82, 2.24) is 19.8 Å². The number of nitrogens with zero attached hydrogens (tertiary/aromatic N) is 3. The Hall–Kier alpha value is -2.61. The van der Waals surface area contributed by atoms with E-state index >= 15 is 0 Å². The summed E-state index contributed by atoms with van der Waals surface area (Å²) in [5.41, 5.74) is 0.784. The highest BCUT2D eigenvalue weighted by atomic mass is 32.2. The Labute approximate surface area is 199 Å². The monoisotopic (exact) mass is 468 g/mol. The van der Waals surface area contributed by atoms with Crippen LogP contribution in [0.2, 0.25) is 0 Å². The zero-order valence-electron chi connectivity index (χ0n) is 19.4. The number of hydrogen-bond acceptors (Lipinski definition) is 5. The van der Waals surface area contributed by atoms with Gasteiger partial charge in [0.1, 0.15) is 0 Å². The standard InChI is InChI=1S/C25H32N4O3S/c1-28-15-13-26-24(28)23(32)19-4-3-14-29(17-19)22(31)10-12-25(11-9-21(30)27-25)16-18-5-7-20(33-2)8-6-18/h5-8,13,15,19H,3-4,9-12,14,16-17H2,1-2H3,(H,27,30). The normalized spacial score (nSPS) is 22.9. The first-order valence-corrected chi connectivity index (χ1v) is 12.8. The summed E-state index contributed by atoms with van der Waals surface area (Å²) < 4.78 is 1.74. The second-order valence-electron chi connectivity index (χ2n) is 9.26. The van der Waals surface area contributed by atoms with Crippen molar-refractivity contribution in [3.05, 3.63) is 48.0 Å². The average molecular weight is 469 g/mol. The SMILES string of the molecule is CSc1ccc(CC2(CCC(=O)N3CCCC(C(=O)c4nccn4C)C3)CCC(=O)N2)cc1. The van der Waals surface area contributed by atoms with E-state index in [4.69, 9.17) is 0 Å². The number of ketones is 1. The van der Waals surface area contributed by atoms with Crippen LogP contribution in [0.4, 0.5) is 0 Å². The number of carbonyl (C=O) groups is 3. The van der Waals surface area contributed by atoms with E-state index in [9.17, 15) is 14.4 Å². The molecule has 176 valence electrons. The largest absolute Gasteiger partial charge is 0.350 e. The number of aromatic nitrogens is 2. The third kappa shape index (κ3) is 5.49. The van der Waals surface area contributed by atoms with Gasteiger partial charge in [-0.2, -0.15) is 0 Å². The van der Waals surface area contributed by atoms with Crippen LogP contribution in [-0.2, 0) is 23.1 Å². The Bertz CT molecular complexity index is 1020. The fourth-order valence-corrected chi connectivity index (χ4v) is 5.43. The molecule has 1 N–H and O–H groups in total. The molecule has 0 spiro atoms. The van der Waals surface area contributed by atoms with Gasteiger partial charge in [0.25, 0.3) is 0 Å². The lowest BCUT2D eigenvalue weighted by Gasteiger charge is -2.34. The summed E-state index contributed by atoms with van der Waals surface area (Å²) in [6, 6.07) is 8.42. The van der Waals surface area contributed by atoms with E-state index in [0.717, 1.165) is 25.7 Å². The molecule has 0 radical (unpaired) electrons. The van der Waals surface area contributed by atoms with E-state index < -0.39 is 0 Å². The molecule has 0 saturated carbocycles. The number of Topliss-reactive ketones (excluding diaryl/α,β-unsaturated/α-hetero) is 1. The second kappa shape index (κ2) is 10.1. The molecule has 2 aliphatic heterocycles. The van der Waals surface area contributed by atoms with Crippen molar-refractivity contribution in [3.63, 3.8) is 0 Å². The highest BCUT2D eigenvalue weighted by Crippen LogP contribution is 2.31. The van der Waals surface area contributed by atoms with Crippen molar-refractivity contribution in [1.29, 1.82) is 0 Å². The third-order valence-electron chi connectivity index (χ3n) is 6.94. The number of thioether (sulfide) groups is 1. The Kier molecular flexibility index (Phi) is 7.22. The summed E-state index contributed by atoms with van der Waals surface area (Å²) in [6.07, 6.45) is 9.98. The van der Waals surface area contributed by atoms with Crippen molar-refractivity contribution in [2.24, 2.45) is 13.0 Å². The smallest absolute Gasteiger partial charge is 0.222 e. The van der Waals surface area contributed by atoms with Crippen LogP contribution in [0.1, 0.15) is 54.7 Å². The quantitative estimate of drug-likeness (QED) is 0.475. The number of benzene rings is 1. The van der Waals surface area contributed by atoms with Gasteiger partial charge in [0.2, 0.25) is 17.6 Å². The van der Waals surface area contributed by atoms with Gasteiger partial charge in [-0.1, -0.05) is 12.1 Å². The lowest BCUT2D eigenvalue weighted by atomic mass is 9.84. The molecule has 2 atom stereocenters. The molecule has 2 amide bonds. The van der Waals surface area contributed by atoms with Gasteiger partial charge in [0, 0.05) is 61.7 Å². The number of hydrogen-bond donors (Lipinski definition) is 1. The van der Waals surface area contributed by atoms with E-state index in [1.165, 1.54) is 10.5 Å². The number of nitrogens with one attached hydrogen (secondary N) is 1. The molecular formula is C25H32N4O3S. The van der Waals surface area contributed by atoms with Gasteiger partial charge in [0.15, 0.2) is 5.82 Å². The summed E-state index contributed by atoms with van der Waals surface area (Å²) in [5, 5.41) is 3.17. The maximum atomic E-state index is 13.1. The van der Waals surface area contributed by atoms with Crippen LogP contribution >= 0.6 is 11.8 Å². The van der Waals surface area contributed by atoms with Gasteiger partial charge in [-0.05, 0) is 56.1 Å². The number of amides is 2. The predicted octanol–water partition coefficient (Wildman–Crippen LogP) is 3.24. The summed E-state index contributed by atoms with van der Waals surface area (Å²) in [5.74, 6) is 0.369. The fraction of sp³-hybridized carbons (Fsp3) is 0.520. The predicted molar refractivity (Wildman–Crippen MR) is 128 cm³/mol. The van der Waals surface area contributed by atoms with E-state index in [1.807, 2.05) is 18.2 Å². The molecule has 4 rings (SSSR count). The molecule has 2 unspecified atom stereocenters. The van der Waals surface area contributed by atoms with Gasteiger partial charge in [-0.25, -0.2) is 4.98 Å². The molecule has 2 fully saturated rings. The first-order chi connectivity index (χ1) is 15.9. The van der Waals surface area contributed by atoms with Crippen molar-refractivity contribution in [2.75, 3.05) is 19.3 Å². The first-order valence-electron chi connectivity index (χ1n) is 11.6. The molecule has 3 heterocycles. The molecule has 2 saturated heterocycles. The Morgan fingerprint density at radius 2 is 2.06 bits per heavy atom. The van der Waals surface area contributed by atoms with Crippen LogP contribution in [0.25, 0.3) is 0 Å². The average Bonchev–Trinajstić information content (AvgIpc) is 3.43. The zero-order chi connectivity index (χ0) is 23.4. The molecule has 1 aromatic heterocycles. The number of carbonyl (C=O) groups excluding carboxylic acids is 3. The van der Waals surface area contributed by atoms with E-state index in [1.54, 1.807) is 28.7 Å². The second-order valence-corrected chi connectivity index (χ2v) is 10.1. The van der Waals surface area contributed by atoms with E-state index in [2.05, 4.69) is 34.6 Å². The van der Waals surface area contributed by atoms with Crippen molar-refractivity contribution in [2.45, 2.75) is 55.4 Å². The Balaban J connectivity index is 1.38. The highest BCUT2D eigenvalue weighted by Gasteiger charge is 2.39. The molecule has 0 aliphatic carbocycles. The van der Waals surface area contributed by atoms with Crippen LogP contribution in [0.3, 0.4) is 0 Å². The van der Waals surface area contributed by atoms with Crippen LogP contribution in [0.5, 0.6) is 0 Å². The van der Waals surface area contributed by atoms with Gasteiger partial charge >= 0.3 is 0 Å². The molecule has 2 aromatic rings. The molecule has 0 bridgehead atoms. The lowest BCUT2D eigenvalue weighted by Crippen LogP contribution is -2.46. The minimum Gasteiger partial charge on any atom is -0.350 e. The first kappa shape index (κ1) is 23.5. The van der Waals surface area contributed by atoms with E-state index in [-0.39, 0.29) is 29.1 Å². The molecular weight excluding hydrogens is 436 g/mol. The third-order valence-corrected chi connectivity index (χ3v) is 7.68. The Morgan fingerprint density at radius 3 is 2.70 bits per heavy atom. The van der Waals surface area contributed by atoms with Gasteiger partial charge in [-0.15, -0.1) is 11.8 Å².